The van der Waals surface area contributed by atoms with Gasteiger partial charge in [-0.25, -0.2) is 18.3 Å². The average molecular weight is 522 g/mol. The third-order valence-electron chi connectivity index (χ3n) is 5.86. The van der Waals surface area contributed by atoms with E-state index < -0.39 is 21.8 Å². The van der Waals surface area contributed by atoms with Gasteiger partial charge in [0.25, 0.3) is 0 Å². The Morgan fingerprint density at radius 1 is 1.22 bits per heavy atom. The van der Waals surface area contributed by atoms with Gasteiger partial charge in [-0.15, -0.1) is 5.10 Å². The third kappa shape index (κ3) is 4.53. The summed E-state index contributed by atoms with van der Waals surface area (Å²) in [4.78, 5) is 11.7. The lowest BCUT2D eigenvalue weighted by Gasteiger charge is -2.27. The Balaban J connectivity index is 1.75. The van der Waals surface area contributed by atoms with Gasteiger partial charge in [0, 0.05) is 12.0 Å². The fraction of sp³-hybridized carbons (Fsp3) is 0.364. The summed E-state index contributed by atoms with van der Waals surface area (Å²) in [5.41, 5.74) is 3.54. The Morgan fingerprint density at radius 3 is 2.72 bits per heavy atom. The van der Waals surface area contributed by atoms with Gasteiger partial charge in [-0.05, 0) is 70.4 Å². The zero-order valence-electron chi connectivity index (χ0n) is 17.7. The van der Waals surface area contributed by atoms with Crippen LogP contribution in [0.15, 0.2) is 55.0 Å². The lowest BCUT2D eigenvalue weighted by atomic mass is 9.82. The minimum absolute atomic E-state index is 0.0106. The number of hydrogen-bond donors (Lipinski definition) is 2. The number of ether oxygens (including phenoxy) is 1. The van der Waals surface area contributed by atoms with Gasteiger partial charge in [-0.2, -0.15) is 4.72 Å². The first kappa shape index (κ1) is 22.8. The molecule has 0 fully saturated rings. The molecule has 2 aromatic carbocycles. The van der Waals surface area contributed by atoms with E-state index in [4.69, 9.17) is 9.15 Å². The molecule has 0 saturated carbocycles. The second kappa shape index (κ2) is 9.21. The minimum atomic E-state index is -3.99. The van der Waals surface area contributed by atoms with Crippen molar-refractivity contribution in [3.05, 3.63) is 74.0 Å². The summed E-state index contributed by atoms with van der Waals surface area (Å²) in [5.74, 6) is -0.692. The SMILES string of the molecule is COc1cc(S(=O)(=O)N[C@H](c2n[nH]c(=O)o2)[C@H](C)c2cccc3c2CCCC3)ccc1Br. The molecule has 0 radical (unpaired) electrons. The van der Waals surface area contributed by atoms with Crippen molar-refractivity contribution >= 4 is 26.0 Å². The molecule has 1 aliphatic carbocycles. The second-order valence-electron chi connectivity index (χ2n) is 7.83. The largest absolute Gasteiger partial charge is 0.496 e. The maximum Gasteiger partial charge on any atom is 0.434 e. The molecule has 10 heteroatoms. The fourth-order valence-corrected chi connectivity index (χ4v) is 5.89. The number of fused-ring (bicyclic) bond motifs is 1. The Kier molecular flexibility index (Phi) is 6.55. The van der Waals surface area contributed by atoms with Crippen molar-refractivity contribution in [1.29, 1.82) is 0 Å². The Hall–Kier alpha value is -2.43. The highest BCUT2D eigenvalue weighted by atomic mass is 79.9. The van der Waals surface area contributed by atoms with E-state index >= 15 is 0 Å². The number of nitrogens with one attached hydrogen (secondary N) is 2. The standard InChI is InChI=1S/C22H24BrN3O5S/c1-13(16-9-5-7-14-6-3-4-8-17(14)16)20(21-24-25-22(27)31-21)26-32(28,29)15-10-11-18(23)19(12-15)30-2/h5,7,9-13,20,26H,3-4,6,8H2,1-2H3,(H,25,27)/t13-,20+/m1/s1. The maximum atomic E-state index is 13.3. The second-order valence-corrected chi connectivity index (χ2v) is 10.4. The van der Waals surface area contributed by atoms with E-state index in [1.165, 1.54) is 30.4 Å². The molecule has 32 heavy (non-hydrogen) atoms. The lowest BCUT2D eigenvalue weighted by Crippen LogP contribution is -2.33. The molecule has 170 valence electrons. The number of nitrogens with zero attached hydrogens (tertiary/aromatic N) is 1. The number of methoxy groups -OCH3 is 1. The van der Waals surface area contributed by atoms with E-state index in [2.05, 4.69) is 36.9 Å². The molecule has 0 spiro atoms. The molecule has 1 aromatic heterocycles. The van der Waals surface area contributed by atoms with Gasteiger partial charge in [0.05, 0.1) is 16.5 Å². The zero-order valence-corrected chi connectivity index (χ0v) is 20.1. The predicted molar refractivity (Wildman–Crippen MR) is 122 cm³/mol. The molecule has 8 nitrogen and oxygen atoms in total. The van der Waals surface area contributed by atoms with Crippen LogP contribution in [-0.2, 0) is 22.9 Å². The third-order valence-corrected chi connectivity index (χ3v) is 7.95. The van der Waals surface area contributed by atoms with Crippen LogP contribution < -0.4 is 15.2 Å². The monoisotopic (exact) mass is 521 g/mol. The first-order valence-corrected chi connectivity index (χ1v) is 12.6. The number of aromatic amines is 1. The van der Waals surface area contributed by atoms with E-state index in [9.17, 15) is 13.2 Å². The first-order valence-electron chi connectivity index (χ1n) is 10.3. The van der Waals surface area contributed by atoms with Crippen LogP contribution in [0, 0.1) is 0 Å². The molecule has 0 unspecified atom stereocenters. The van der Waals surface area contributed by atoms with Gasteiger partial charge in [-0.3, -0.25) is 0 Å². The molecule has 3 aromatic rings. The molecule has 0 bridgehead atoms. The Bertz CT molecular complexity index is 1280. The first-order chi connectivity index (χ1) is 15.3. The summed E-state index contributed by atoms with van der Waals surface area (Å²) < 4.78 is 40.3. The van der Waals surface area contributed by atoms with Crippen molar-refractivity contribution in [2.45, 2.75) is 49.5 Å². The molecule has 0 amide bonds. The summed E-state index contributed by atoms with van der Waals surface area (Å²) in [6.07, 6.45) is 4.16. The lowest BCUT2D eigenvalue weighted by molar-refractivity contribution is 0.380. The minimum Gasteiger partial charge on any atom is -0.496 e. The number of H-pyrrole nitrogens is 1. The van der Waals surface area contributed by atoms with Crippen LogP contribution in [0.3, 0.4) is 0 Å². The topological polar surface area (TPSA) is 114 Å². The maximum absolute atomic E-state index is 13.3. The fourth-order valence-electron chi connectivity index (χ4n) is 4.20. The molecular formula is C22H24BrN3O5S. The van der Waals surface area contributed by atoms with E-state index in [0.29, 0.717) is 10.2 Å². The summed E-state index contributed by atoms with van der Waals surface area (Å²) in [7, 11) is -2.52. The molecule has 0 saturated heterocycles. The van der Waals surface area contributed by atoms with E-state index in [1.54, 1.807) is 6.07 Å². The molecule has 4 rings (SSSR count). The van der Waals surface area contributed by atoms with Crippen molar-refractivity contribution in [3.63, 3.8) is 0 Å². The highest BCUT2D eigenvalue weighted by Gasteiger charge is 2.33. The van der Waals surface area contributed by atoms with Crippen LogP contribution >= 0.6 is 15.9 Å². The molecule has 2 atom stereocenters. The Morgan fingerprint density at radius 2 is 2.00 bits per heavy atom. The van der Waals surface area contributed by atoms with E-state index in [0.717, 1.165) is 31.2 Å². The number of rotatable bonds is 7. The molecule has 2 N–H and O–H groups in total. The van der Waals surface area contributed by atoms with Crippen molar-refractivity contribution in [2.75, 3.05) is 7.11 Å². The number of benzene rings is 2. The zero-order chi connectivity index (χ0) is 22.9. The number of hydrogen-bond acceptors (Lipinski definition) is 6. The summed E-state index contributed by atoms with van der Waals surface area (Å²) in [6, 6.07) is 9.73. The Labute approximate surface area is 194 Å². The van der Waals surface area contributed by atoms with Crippen LogP contribution in [0.1, 0.15) is 54.3 Å². The van der Waals surface area contributed by atoms with E-state index in [1.807, 2.05) is 19.1 Å². The van der Waals surface area contributed by atoms with Crippen molar-refractivity contribution in [3.8, 4) is 5.75 Å². The number of sulfonamides is 1. The van der Waals surface area contributed by atoms with Gasteiger partial charge in [0.1, 0.15) is 11.8 Å². The average Bonchev–Trinajstić information content (AvgIpc) is 3.22. The van der Waals surface area contributed by atoms with Crippen LogP contribution in [0.4, 0.5) is 0 Å². The van der Waals surface area contributed by atoms with Crippen LogP contribution in [0.5, 0.6) is 5.75 Å². The van der Waals surface area contributed by atoms with Crippen LogP contribution in [0.25, 0.3) is 0 Å². The van der Waals surface area contributed by atoms with Gasteiger partial charge in [0.2, 0.25) is 15.9 Å². The normalized spacial score (nSPS) is 15.7. The molecule has 0 aliphatic heterocycles. The van der Waals surface area contributed by atoms with Gasteiger partial charge in [-0.1, -0.05) is 25.1 Å². The number of halogens is 1. The number of aryl methyl sites for hydroxylation is 1. The predicted octanol–water partition coefficient (Wildman–Crippen LogP) is 3.84. The van der Waals surface area contributed by atoms with Gasteiger partial charge >= 0.3 is 5.76 Å². The van der Waals surface area contributed by atoms with E-state index in [-0.39, 0.29) is 16.7 Å². The number of aromatic nitrogens is 2. The van der Waals surface area contributed by atoms with Gasteiger partial charge < -0.3 is 9.15 Å². The van der Waals surface area contributed by atoms with Crippen molar-refractivity contribution in [1.82, 2.24) is 14.9 Å². The quantitative estimate of drug-likeness (QED) is 0.488. The molecular weight excluding hydrogens is 498 g/mol. The molecule has 1 aliphatic rings. The highest BCUT2D eigenvalue weighted by molar-refractivity contribution is 9.10. The van der Waals surface area contributed by atoms with Crippen LogP contribution in [-0.4, -0.2) is 25.7 Å². The summed E-state index contributed by atoms with van der Waals surface area (Å²) >= 11 is 3.33. The van der Waals surface area contributed by atoms with Crippen molar-refractivity contribution < 1.29 is 17.6 Å². The van der Waals surface area contributed by atoms with Crippen molar-refractivity contribution in [2.24, 2.45) is 0 Å². The van der Waals surface area contributed by atoms with Gasteiger partial charge in [0.15, 0.2) is 0 Å². The highest BCUT2D eigenvalue weighted by Crippen LogP contribution is 2.36. The summed E-state index contributed by atoms with van der Waals surface area (Å²) in [5, 5.41) is 6.17. The smallest absolute Gasteiger partial charge is 0.434 e. The van der Waals surface area contributed by atoms with Crippen LogP contribution in [0.2, 0.25) is 0 Å². The summed E-state index contributed by atoms with van der Waals surface area (Å²) in [6.45, 7) is 1.91. The molecule has 1 heterocycles.